The zero-order chi connectivity index (χ0) is 13.4. The molecule has 0 saturated heterocycles. The molecule has 1 aliphatic heterocycles. The van der Waals surface area contributed by atoms with Crippen molar-refractivity contribution in [2.24, 2.45) is 0 Å². The molecule has 0 unspecified atom stereocenters. The summed E-state index contributed by atoms with van der Waals surface area (Å²) in [5.41, 5.74) is 5.96. The number of rotatable bonds is 3. The van der Waals surface area contributed by atoms with Crippen molar-refractivity contribution >= 4 is 0 Å². The lowest BCUT2D eigenvalue weighted by atomic mass is 9.92. The number of aromatic amines is 1. The second-order valence-electron chi connectivity index (χ2n) is 5.69. The van der Waals surface area contributed by atoms with E-state index in [1.165, 1.54) is 37.3 Å². The molecule has 2 heterocycles. The molecule has 0 radical (unpaired) electrons. The van der Waals surface area contributed by atoms with Gasteiger partial charge in [-0.1, -0.05) is 6.92 Å². The maximum atomic E-state index is 5.40. The number of aromatic nitrogens is 1. The van der Waals surface area contributed by atoms with Crippen LogP contribution in [0.3, 0.4) is 0 Å². The quantitative estimate of drug-likeness (QED) is 0.905. The molecule has 1 atom stereocenters. The van der Waals surface area contributed by atoms with Gasteiger partial charge >= 0.3 is 0 Å². The number of nitrogens with zero attached hydrogens (tertiary/aromatic N) is 1. The van der Waals surface area contributed by atoms with Crippen molar-refractivity contribution in [3.05, 3.63) is 34.3 Å². The van der Waals surface area contributed by atoms with Crippen molar-refractivity contribution in [3.63, 3.8) is 0 Å². The van der Waals surface area contributed by atoms with Gasteiger partial charge in [-0.25, -0.2) is 0 Å². The van der Waals surface area contributed by atoms with E-state index in [2.05, 4.69) is 29.8 Å². The summed E-state index contributed by atoms with van der Waals surface area (Å²) in [4.78, 5) is 6.29. The van der Waals surface area contributed by atoms with E-state index >= 15 is 0 Å². The molecule has 1 aromatic rings. The largest absolute Gasteiger partial charge is 0.501 e. The molecule has 0 spiro atoms. The first-order chi connectivity index (χ1) is 9.24. The molecule has 2 aliphatic rings. The Hall–Kier alpha value is -1.22. The van der Waals surface area contributed by atoms with E-state index in [-0.39, 0.29) is 0 Å². The van der Waals surface area contributed by atoms with Gasteiger partial charge in [0.15, 0.2) is 0 Å². The fraction of sp³-hybridized carbons (Fsp3) is 0.625. The molecule has 0 bridgehead atoms. The lowest BCUT2D eigenvalue weighted by molar-refractivity contribution is 0.195. The first-order valence-corrected chi connectivity index (χ1v) is 7.44. The summed E-state index contributed by atoms with van der Waals surface area (Å²) in [5, 5.41) is 0. The third-order valence-electron chi connectivity index (χ3n) is 4.61. The van der Waals surface area contributed by atoms with Crippen LogP contribution in [0.2, 0.25) is 0 Å². The van der Waals surface area contributed by atoms with Crippen LogP contribution in [0, 0.1) is 0 Å². The van der Waals surface area contributed by atoms with Crippen molar-refractivity contribution in [2.45, 2.75) is 45.6 Å². The van der Waals surface area contributed by atoms with Crippen LogP contribution in [-0.2, 0) is 24.0 Å². The zero-order valence-electron chi connectivity index (χ0n) is 12.3. The number of ether oxygens (including phenoxy) is 1. The lowest BCUT2D eigenvalue weighted by Crippen LogP contribution is -2.34. The number of fused-ring (bicyclic) bond motifs is 3. The van der Waals surface area contributed by atoms with Crippen LogP contribution in [0.4, 0.5) is 0 Å². The molecular formula is C16H24N2O. The average Bonchev–Trinajstić information content (AvgIpc) is 2.80. The number of H-pyrrole nitrogens is 1. The highest BCUT2D eigenvalue weighted by molar-refractivity contribution is 5.44. The zero-order valence-corrected chi connectivity index (χ0v) is 12.3. The van der Waals surface area contributed by atoms with Gasteiger partial charge in [0.2, 0.25) is 0 Å². The smallest absolute Gasteiger partial charge is 0.0977 e. The summed E-state index contributed by atoms with van der Waals surface area (Å²) >= 11 is 0. The number of allylic oxidation sites excluding steroid dienone is 2. The Bertz CT molecular complexity index is 501. The Morgan fingerprint density at radius 2 is 2.26 bits per heavy atom. The van der Waals surface area contributed by atoms with Crippen LogP contribution >= 0.6 is 0 Å². The molecule has 1 N–H and O–H groups in total. The Labute approximate surface area is 115 Å². The lowest BCUT2D eigenvalue weighted by Gasteiger charge is -2.33. The van der Waals surface area contributed by atoms with Crippen LogP contribution in [0.15, 0.2) is 11.8 Å². The highest BCUT2D eigenvalue weighted by atomic mass is 16.5. The van der Waals surface area contributed by atoms with Crippen LogP contribution in [0.25, 0.3) is 0 Å². The Morgan fingerprint density at radius 1 is 1.42 bits per heavy atom. The van der Waals surface area contributed by atoms with Gasteiger partial charge < -0.3 is 9.72 Å². The molecule has 0 saturated carbocycles. The van der Waals surface area contributed by atoms with Gasteiger partial charge in [-0.05, 0) is 49.9 Å². The molecule has 1 aromatic heterocycles. The van der Waals surface area contributed by atoms with E-state index in [1.807, 2.05) is 0 Å². The highest BCUT2D eigenvalue weighted by Gasteiger charge is 2.29. The van der Waals surface area contributed by atoms with E-state index in [1.54, 1.807) is 18.2 Å². The fourth-order valence-electron chi connectivity index (χ4n) is 3.54. The van der Waals surface area contributed by atoms with Gasteiger partial charge in [0.25, 0.3) is 0 Å². The van der Waals surface area contributed by atoms with Gasteiger partial charge in [0.05, 0.1) is 12.9 Å². The molecule has 0 amide bonds. The van der Waals surface area contributed by atoms with Gasteiger partial charge in [0, 0.05) is 30.4 Å². The minimum Gasteiger partial charge on any atom is -0.501 e. The first-order valence-electron chi connectivity index (χ1n) is 7.44. The van der Waals surface area contributed by atoms with E-state index < -0.39 is 0 Å². The number of nitrogens with one attached hydrogen (secondary N) is 1. The summed E-state index contributed by atoms with van der Waals surface area (Å²) in [6.07, 6.45) is 6.63. The standard InChI is InChI=1S/C16H24N2O/c1-4-8-18-9-7-14-13-6-5-12(19-3)10-15(13)17-16(14)11(18)2/h5,11,17H,4,6-10H2,1-3H3/t11-/m0/s1. The van der Waals surface area contributed by atoms with E-state index in [9.17, 15) is 0 Å². The van der Waals surface area contributed by atoms with Crippen molar-refractivity contribution in [2.75, 3.05) is 20.2 Å². The van der Waals surface area contributed by atoms with E-state index in [4.69, 9.17) is 4.74 Å². The number of methoxy groups -OCH3 is 1. The molecule has 1 aliphatic carbocycles. The summed E-state index contributed by atoms with van der Waals surface area (Å²) in [7, 11) is 1.77. The topological polar surface area (TPSA) is 28.3 Å². The molecule has 3 nitrogen and oxygen atoms in total. The molecule has 0 fully saturated rings. The van der Waals surface area contributed by atoms with Crippen molar-refractivity contribution in [3.8, 4) is 0 Å². The third-order valence-corrected chi connectivity index (χ3v) is 4.61. The summed E-state index contributed by atoms with van der Waals surface area (Å²) in [5.74, 6) is 1.10. The van der Waals surface area contributed by atoms with Crippen LogP contribution in [0.1, 0.15) is 48.8 Å². The maximum Gasteiger partial charge on any atom is 0.0977 e. The summed E-state index contributed by atoms with van der Waals surface area (Å²) < 4.78 is 5.40. The maximum absolute atomic E-state index is 5.40. The second kappa shape index (κ2) is 5.04. The highest BCUT2D eigenvalue weighted by Crippen LogP contribution is 2.35. The predicted molar refractivity (Wildman–Crippen MR) is 77.3 cm³/mol. The van der Waals surface area contributed by atoms with Crippen molar-refractivity contribution < 1.29 is 4.74 Å². The third kappa shape index (κ3) is 2.10. The number of hydrogen-bond acceptors (Lipinski definition) is 2. The summed E-state index contributed by atoms with van der Waals surface area (Å²) in [6, 6.07) is 0.528. The monoisotopic (exact) mass is 260 g/mol. The average molecular weight is 260 g/mol. The van der Waals surface area contributed by atoms with Gasteiger partial charge in [-0.15, -0.1) is 0 Å². The van der Waals surface area contributed by atoms with E-state index in [0.29, 0.717) is 6.04 Å². The minimum atomic E-state index is 0.528. The molecule has 3 heteroatoms. The van der Waals surface area contributed by atoms with Crippen LogP contribution in [0.5, 0.6) is 0 Å². The van der Waals surface area contributed by atoms with E-state index in [0.717, 1.165) is 18.6 Å². The molecular weight excluding hydrogens is 236 g/mol. The predicted octanol–water partition coefficient (Wildman–Crippen LogP) is 2.97. The number of hydrogen-bond donors (Lipinski definition) is 1. The molecule has 3 rings (SSSR count). The van der Waals surface area contributed by atoms with Crippen LogP contribution < -0.4 is 0 Å². The fourth-order valence-corrected chi connectivity index (χ4v) is 3.54. The van der Waals surface area contributed by atoms with Crippen molar-refractivity contribution in [1.29, 1.82) is 0 Å². The normalized spacial score (nSPS) is 22.7. The molecule has 104 valence electrons. The Balaban J connectivity index is 1.90. The molecule has 19 heavy (non-hydrogen) atoms. The SMILES string of the molecule is CCCN1CCc2c([nH]c3c2CC=C(OC)C3)[C@@H]1C. The van der Waals surface area contributed by atoms with Crippen molar-refractivity contribution in [1.82, 2.24) is 9.88 Å². The van der Waals surface area contributed by atoms with Gasteiger partial charge in [-0.2, -0.15) is 0 Å². The minimum absolute atomic E-state index is 0.528. The Kier molecular flexibility index (Phi) is 3.40. The van der Waals surface area contributed by atoms with Gasteiger partial charge in [-0.3, -0.25) is 4.90 Å². The Morgan fingerprint density at radius 3 is 3.00 bits per heavy atom. The van der Waals surface area contributed by atoms with Crippen LogP contribution in [-0.4, -0.2) is 30.1 Å². The summed E-state index contributed by atoms with van der Waals surface area (Å²) in [6.45, 7) is 7.00. The molecule has 0 aromatic carbocycles. The second-order valence-corrected chi connectivity index (χ2v) is 5.69. The first kappa shape index (κ1) is 12.8. The van der Waals surface area contributed by atoms with Gasteiger partial charge in [0.1, 0.15) is 0 Å².